The zero-order valence-corrected chi connectivity index (χ0v) is 13.9. The van der Waals surface area contributed by atoms with Crippen LogP contribution in [0.2, 0.25) is 0 Å². The lowest BCUT2D eigenvalue weighted by atomic mass is 10.3. The first kappa shape index (κ1) is 15.4. The highest BCUT2D eigenvalue weighted by molar-refractivity contribution is 7.20. The molecule has 7 nitrogen and oxygen atoms in total. The van der Waals surface area contributed by atoms with Gasteiger partial charge in [-0.15, -0.1) is 5.10 Å². The van der Waals surface area contributed by atoms with E-state index in [9.17, 15) is 4.79 Å². The lowest BCUT2D eigenvalue weighted by Gasteiger charge is -2.32. The van der Waals surface area contributed by atoms with E-state index in [0.717, 1.165) is 56.5 Å². The van der Waals surface area contributed by atoms with Crippen molar-refractivity contribution in [1.29, 1.82) is 0 Å². The number of aryl methyl sites for hydroxylation is 1. The number of hydrogen-bond donors (Lipinski definition) is 1. The fraction of sp³-hybridized carbons (Fsp3) is 0.643. The zero-order chi connectivity index (χ0) is 15.5. The monoisotopic (exact) mass is 322 g/mol. The standard InChI is InChI=1S/C14H22N6OS/c1-3-11-10-12(21)20-14(16-11)22-13(17-20)15-4-5-19-8-6-18(2)7-9-19/h10H,3-9H2,1-2H3,(H,15,17). The van der Waals surface area contributed by atoms with Gasteiger partial charge >= 0.3 is 0 Å². The number of fused-ring (bicyclic) bond motifs is 1. The molecule has 1 fully saturated rings. The second kappa shape index (κ2) is 6.72. The average Bonchev–Trinajstić information content (AvgIpc) is 2.92. The summed E-state index contributed by atoms with van der Waals surface area (Å²) in [4.78, 5) is 21.8. The van der Waals surface area contributed by atoms with Crippen molar-refractivity contribution in [2.75, 3.05) is 51.6 Å². The van der Waals surface area contributed by atoms with Crippen molar-refractivity contribution in [2.45, 2.75) is 13.3 Å². The van der Waals surface area contributed by atoms with Gasteiger partial charge in [-0.1, -0.05) is 18.3 Å². The fourth-order valence-corrected chi connectivity index (χ4v) is 3.35. The summed E-state index contributed by atoms with van der Waals surface area (Å²) in [6, 6.07) is 1.56. The molecule has 2 aromatic rings. The predicted molar refractivity (Wildman–Crippen MR) is 88.9 cm³/mol. The number of anilines is 1. The van der Waals surface area contributed by atoms with Crippen molar-refractivity contribution < 1.29 is 0 Å². The molecule has 3 rings (SSSR count). The van der Waals surface area contributed by atoms with Crippen LogP contribution in [0.4, 0.5) is 5.13 Å². The van der Waals surface area contributed by atoms with Gasteiger partial charge < -0.3 is 10.2 Å². The van der Waals surface area contributed by atoms with Crippen molar-refractivity contribution in [3.05, 3.63) is 22.1 Å². The first-order valence-electron chi connectivity index (χ1n) is 7.70. The Bertz CT molecular complexity index is 688. The largest absolute Gasteiger partial charge is 0.359 e. The second-order valence-corrected chi connectivity index (χ2v) is 6.57. The van der Waals surface area contributed by atoms with E-state index in [0.29, 0.717) is 4.96 Å². The van der Waals surface area contributed by atoms with E-state index in [1.165, 1.54) is 15.9 Å². The third-order valence-corrected chi connectivity index (χ3v) is 4.83. The highest BCUT2D eigenvalue weighted by atomic mass is 32.1. The normalized spacial score (nSPS) is 17.2. The third kappa shape index (κ3) is 3.45. The minimum atomic E-state index is -0.106. The van der Waals surface area contributed by atoms with Gasteiger partial charge in [-0.05, 0) is 13.5 Å². The first-order valence-corrected chi connectivity index (χ1v) is 8.52. The summed E-state index contributed by atoms with van der Waals surface area (Å²) in [5.74, 6) is 0. The van der Waals surface area contributed by atoms with Crippen LogP contribution >= 0.6 is 11.3 Å². The third-order valence-electron chi connectivity index (χ3n) is 3.96. The molecule has 1 aliphatic rings. The maximum atomic E-state index is 12.0. The second-order valence-electron chi connectivity index (χ2n) is 5.61. The van der Waals surface area contributed by atoms with E-state index in [-0.39, 0.29) is 5.56 Å². The molecule has 0 radical (unpaired) electrons. The highest BCUT2D eigenvalue weighted by Gasteiger charge is 2.13. The van der Waals surface area contributed by atoms with Crippen molar-refractivity contribution >= 4 is 21.4 Å². The number of piperazine rings is 1. The van der Waals surface area contributed by atoms with Crippen LogP contribution in [0.25, 0.3) is 4.96 Å². The van der Waals surface area contributed by atoms with Gasteiger partial charge in [0.15, 0.2) is 0 Å². The van der Waals surface area contributed by atoms with E-state index < -0.39 is 0 Å². The zero-order valence-electron chi connectivity index (χ0n) is 13.1. The Balaban J connectivity index is 1.60. The van der Waals surface area contributed by atoms with Gasteiger partial charge in [0, 0.05) is 51.0 Å². The first-order chi connectivity index (χ1) is 10.7. The summed E-state index contributed by atoms with van der Waals surface area (Å²) in [7, 11) is 2.16. The summed E-state index contributed by atoms with van der Waals surface area (Å²) in [5, 5.41) is 8.37. The smallest absolute Gasteiger partial charge is 0.275 e. The molecule has 2 aromatic heterocycles. The van der Waals surface area contributed by atoms with Gasteiger partial charge in [-0.3, -0.25) is 9.69 Å². The molecule has 0 unspecified atom stereocenters. The molecule has 0 amide bonds. The molecule has 1 aliphatic heterocycles. The number of hydrogen-bond acceptors (Lipinski definition) is 7. The van der Waals surface area contributed by atoms with Crippen molar-refractivity contribution in [1.82, 2.24) is 24.4 Å². The van der Waals surface area contributed by atoms with E-state index in [1.54, 1.807) is 6.07 Å². The van der Waals surface area contributed by atoms with Gasteiger partial charge in [-0.2, -0.15) is 4.52 Å². The van der Waals surface area contributed by atoms with Crippen LogP contribution in [0.15, 0.2) is 10.9 Å². The van der Waals surface area contributed by atoms with Crippen molar-refractivity contribution in [2.24, 2.45) is 0 Å². The maximum Gasteiger partial charge on any atom is 0.275 e. The predicted octanol–water partition coefficient (Wildman–Crippen LogP) is 0.373. The molecule has 22 heavy (non-hydrogen) atoms. The molecule has 0 saturated carbocycles. The fourth-order valence-electron chi connectivity index (χ4n) is 2.50. The summed E-state index contributed by atoms with van der Waals surface area (Å²) in [6.07, 6.45) is 0.760. The Kier molecular flexibility index (Phi) is 4.70. The SMILES string of the molecule is CCc1cc(=O)n2nc(NCCN3CCN(C)CC3)sc2n1. The summed E-state index contributed by atoms with van der Waals surface area (Å²) >= 11 is 1.43. The van der Waals surface area contributed by atoms with Crippen LogP contribution in [-0.2, 0) is 6.42 Å². The topological polar surface area (TPSA) is 65.8 Å². The van der Waals surface area contributed by atoms with Crippen LogP contribution in [0.3, 0.4) is 0 Å². The lowest BCUT2D eigenvalue weighted by molar-refractivity contribution is 0.158. The molecular formula is C14H22N6OS. The van der Waals surface area contributed by atoms with E-state index >= 15 is 0 Å². The number of likely N-dealkylation sites (N-methyl/N-ethyl adjacent to an activating group) is 1. The number of nitrogens with one attached hydrogen (secondary N) is 1. The molecule has 3 heterocycles. The van der Waals surface area contributed by atoms with Crippen LogP contribution in [-0.4, -0.2) is 70.7 Å². The van der Waals surface area contributed by atoms with Gasteiger partial charge in [0.25, 0.3) is 5.56 Å². The molecule has 8 heteroatoms. The minimum absolute atomic E-state index is 0.106. The van der Waals surface area contributed by atoms with Gasteiger partial charge in [0.1, 0.15) is 0 Å². The molecule has 0 aromatic carbocycles. The quantitative estimate of drug-likeness (QED) is 0.858. The summed E-state index contributed by atoms with van der Waals surface area (Å²) in [6.45, 7) is 8.29. The van der Waals surface area contributed by atoms with Gasteiger partial charge in [-0.25, -0.2) is 4.98 Å². The van der Waals surface area contributed by atoms with E-state index in [4.69, 9.17) is 0 Å². The van der Waals surface area contributed by atoms with Crippen LogP contribution in [0.5, 0.6) is 0 Å². The maximum absolute atomic E-state index is 12.0. The Morgan fingerprint density at radius 3 is 2.82 bits per heavy atom. The molecule has 0 aliphatic carbocycles. The van der Waals surface area contributed by atoms with E-state index in [2.05, 4.69) is 32.2 Å². The molecule has 0 spiro atoms. The Morgan fingerprint density at radius 2 is 2.09 bits per heavy atom. The number of rotatable bonds is 5. The van der Waals surface area contributed by atoms with Crippen LogP contribution in [0, 0.1) is 0 Å². The average molecular weight is 322 g/mol. The van der Waals surface area contributed by atoms with Gasteiger partial charge in [0.2, 0.25) is 10.1 Å². The highest BCUT2D eigenvalue weighted by Crippen LogP contribution is 2.16. The molecule has 0 bridgehead atoms. The molecule has 1 saturated heterocycles. The van der Waals surface area contributed by atoms with Crippen molar-refractivity contribution in [3.63, 3.8) is 0 Å². The van der Waals surface area contributed by atoms with E-state index in [1.807, 2.05) is 6.92 Å². The molecule has 1 N–H and O–H groups in total. The van der Waals surface area contributed by atoms with Gasteiger partial charge in [0.05, 0.1) is 0 Å². The Morgan fingerprint density at radius 1 is 1.32 bits per heavy atom. The van der Waals surface area contributed by atoms with Crippen LogP contribution < -0.4 is 10.9 Å². The molecular weight excluding hydrogens is 300 g/mol. The number of nitrogens with zero attached hydrogens (tertiary/aromatic N) is 5. The summed E-state index contributed by atoms with van der Waals surface area (Å²) in [5.41, 5.74) is 0.711. The number of aromatic nitrogens is 3. The van der Waals surface area contributed by atoms with Crippen LogP contribution in [0.1, 0.15) is 12.6 Å². The summed E-state index contributed by atoms with van der Waals surface area (Å²) < 4.78 is 1.38. The lowest BCUT2D eigenvalue weighted by Crippen LogP contribution is -2.45. The molecule has 120 valence electrons. The minimum Gasteiger partial charge on any atom is -0.359 e. The van der Waals surface area contributed by atoms with Crippen molar-refractivity contribution in [3.8, 4) is 0 Å². The Hall–Kier alpha value is -1.51. The Labute approximate surface area is 133 Å². The molecule has 0 atom stereocenters.